The molecule has 0 unspecified atom stereocenters. The molecule has 0 spiro atoms. The summed E-state index contributed by atoms with van der Waals surface area (Å²) < 4.78 is 5.66. The Kier molecular flexibility index (Phi) is 4.36. The summed E-state index contributed by atoms with van der Waals surface area (Å²) >= 11 is 1.99. The van der Waals surface area contributed by atoms with Crippen LogP contribution in [0.15, 0.2) is 23.0 Å². The third-order valence-electron chi connectivity index (χ3n) is 2.71. The molecule has 1 aromatic heterocycles. The minimum absolute atomic E-state index is 0.128. The van der Waals surface area contributed by atoms with Crippen molar-refractivity contribution in [2.75, 3.05) is 7.11 Å². The number of benzene rings is 1. The molecule has 1 aromatic carbocycles. The summed E-state index contributed by atoms with van der Waals surface area (Å²) in [6.45, 7) is 4.38. The molecule has 0 aliphatic rings. The van der Waals surface area contributed by atoms with E-state index in [1.165, 1.54) is 0 Å². The van der Waals surface area contributed by atoms with Crippen LogP contribution in [0.1, 0.15) is 16.8 Å². The Bertz CT molecular complexity index is 645. The van der Waals surface area contributed by atoms with E-state index in [9.17, 15) is 4.79 Å². The Balaban J connectivity index is 2.59. The highest BCUT2D eigenvalue weighted by Crippen LogP contribution is 2.19. The monoisotopic (exact) mass is 370 g/mol. The largest absolute Gasteiger partial charge is 0.378 e. The van der Waals surface area contributed by atoms with Crippen LogP contribution in [0.3, 0.4) is 0 Å². The SMILES string of the molecule is COCc1nc(-c2cc(C)cc(C)c2)[nH]c(=O)c1I. The number of aryl methyl sites for hydroxylation is 2. The topological polar surface area (TPSA) is 55.0 Å². The number of hydrogen-bond acceptors (Lipinski definition) is 3. The molecule has 4 nitrogen and oxygen atoms in total. The molecule has 19 heavy (non-hydrogen) atoms. The second-order valence-corrected chi connectivity index (χ2v) is 5.56. The predicted molar refractivity (Wildman–Crippen MR) is 83.2 cm³/mol. The molecule has 5 heteroatoms. The van der Waals surface area contributed by atoms with Crippen LogP contribution in [-0.4, -0.2) is 17.1 Å². The van der Waals surface area contributed by atoms with Gasteiger partial charge in [0.25, 0.3) is 5.56 Å². The van der Waals surface area contributed by atoms with Crippen molar-refractivity contribution in [2.45, 2.75) is 20.5 Å². The van der Waals surface area contributed by atoms with Crippen LogP contribution in [0.4, 0.5) is 0 Å². The first-order chi connectivity index (χ1) is 9.01. The highest BCUT2D eigenvalue weighted by molar-refractivity contribution is 14.1. The van der Waals surface area contributed by atoms with Gasteiger partial charge in [0.2, 0.25) is 0 Å². The number of aromatic nitrogens is 2. The van der Waals surface area contributed by atoms with E-state index < -0.39 is 0 Å². The lowest BCUT2D eigenvalue weighted by Gasteiger charge is -2.08. The minimum Gasteiger partial charge on any atom is -0.378 e. The van der Waals surface area contributed by atoms with Crippen molar-refractivity contribution in [2.24, 2.45) is 0 Å². The molecule has 1 N–H and O–H groups in total. The maximum atomic E-state index is 11.9. The number of halogens is 1. The van der Waals surface area contributed by atoms with Crippen molar-refractivity contribution in [1.29, 1.82) is 0 Å². The lowest BCUT2D eigenvalue weighted by Crippen LogP contribution is -2.16. The zero-order valence-corrected chi connectivity index (χ0v) is 13.2. The molecule has 0 aliphatic heterocycles. The number of H-pyrrole nitrogens is 1. The first-order valence-corrected chi connectivity index (χ1v) is 6.95. The molecule has 0 bridgehead atoms. The third kappa shape index (κ3) is 3.22. The van der Waals surface area contributed by atoms with E-state index in [-0.39, 0.29) is 5.56 Å². The van der Waals surface area contributed by atoms with E-state index in [1.54, 1.807) is 7.11 Å². The number of rotatable bonds is 3. The van der Waals surface area contributed by atoms with Gasteiger partial charge in [-0.1, -0.05) is 17.2 Å². The first-order valence-electron chi connectivity index (χ1n) is 5.87. The number of nitrogens with one attached hydrogen (secondary N) is 1. The molecule has 0 saturated heterocycles. The van der Waals surface area contributed by atoms with Gasteiger partial charge in [0.1, 0.15) is 9.39 Å². The summed E-state index contributed by atoms with van der Waals surface area (Å²) in [7, 11) is 1.59. The fraction of sp³-hybridized carbons (Fsp3) is 0.286. The molecule has 0 saturated carbocycles. The van der Waals surface area contributed by atoms with E-state index in [4.69, 9.17) is 4.74 Å². The quantitative estimate of drug-likeness (QED) is 0.846. The summed E-state index contributed by atoms with van der Waals surface area (Å²) in [5, 5.41) is 0. The van der Waals surface area contributed by atoms with Crippen molar-refractivity contribution in [3.63, 3.8) is 0 Å². The smallest absolute Gasteiger partial charge is 0.264 e. The van der Waals surface area contributed by atoms with Crippen LogP contribution < -0.4 is 5.56 Å². The molecule has 0 amide bonds. The summed E-state index contributed by atoms with van der Waals surface area (Å²) in [6.07, 6.45) is 0. The number of aromatic amines is 1. The second kappa shape index (κ2) is 5.83. The van der Waals surface area contributed by atoms with Crippen LogP contribution in [0, 0.1) is 17.4 Å². The highest BCUT2D eigenvalue weighted by atomic mass is 127. The van der Waals surface area contributed by atoms with Crippen molar-refractivity contribution < 1.29 is 4.74 Å². The molecule has 0 radical (unpaired) electrons. The van der Waals surface area contributed by atoms with E-state index >= 15 is 0 Å². The number of methoxy groups -OCH3 is 1. The lowest BCUT2D eigenvalue weighted by molar-refractivity contribution is 0.180. The molecular formula is C14H15IN2O2. The summed E-state index contributed by atoms with van der Waals surface area (Å²) in [5.74, 6) is 0.587. The van der Waals surface area contributed by atoms with Gasteiger partial charge in [0.05, 0.1) is 12.3 Å². The van der Waals surface area contributed by atoms with Crippen molar-refractivity contribution in [3.8, 4) is 11.4 Å². The second-order valence-electron chi connectivity index (χ2n) is 4.48. The Labute approximate surface area is 125 Å². The molecule has 0 atom stereocenters. The van der Waals surface area contributed by atoms with E-state index in [0.29, 0.717) is 21.7 Å². The molecule has 100 valence electrons. The van der Waals surface area contributed by atoms with Gasteiger partial charge in [-0.25, -0.2) is 4.98 Å². The first kappa shape index (κ1) is 14.2. The Morgan fingerprint density at radius 1 is 1.26 bits per heavy atom. The minimum atomic E-state index is -0.128. The third-order valence-corrected chi connectivity index (χ3v) is 3.82. The molecule has 2 aromatic rings. The number of hydrogen-bond donors (Lipinski definition) is 1. The van der Waals surface area contributed by atoms with Gasteiger partial charge in [-0.2, -0.15) is 0 Å². The number of nitrogens with zero attached hydrogens (tertiary/aromatic N) is 1. The molecular weight excluding hydrogens is 355 g/mol. The fourth-order valence-corrected chi connectivity index (χ4v) is 2.40. The van der Waals surface area contributed by atoms with Crippen LogP contribution in [-0.2, 0) is 11.3 Å². The fourth-order valence-electron chi connectivity index (χ4n) is 1.99. The van der Waals surface area contributed by atoms with Gasteiger partial charge in [-0.15, -0.1) is 0 Å². The van der Waals surface area contributed by atoms with Gasteiger partial charge in [-0.05, 0) is 48.6 Å². The number of ether oxygens (including phenoxy) is 1. The van der Waals surface area contributed by atoms with E-state index in [1.807, 2.05) is 48.6 Å². The normalized spacial score (nSPS) is 10.7. The zero-order chi connectivity index (χ0) is 14.0. The summed E-state index contributed by atoms with van der Waals surface area (Å²) in [5.41, 5.74) is 3.75. The predicted octanol–water partition coefficient (Wildman–Crippen LogP) is 2.80. The van der Waals surface area contributed by atoms with Crippen LogP contribution >= 0.6 is 22.6 Å². The highest BCUT2D eigenvalue weighted by Gasteiger charge is 2.10. The molecule has 0 aliphatic carbocycles. The van der Waals surface area contributed by atoms with Crippen LogP contribution in [0.25, 0.3) is 11.4 Å². The summed E-state index contributed by atoms with van der Waals surface area (Å²) in [4.78, 5) is 19.2. The average Bonchev–Trinajstić information content (AvgIpc) is 2.33. The molecule has 0 fully saturated rings. The maximum absolute atomic E-state index is 11.9. The van der Waals surface area contributed by atoms with Gasteiger partial charge in [0.15, 0.2) is 0 Å². The molecule has 2 rings (SSSR count). The van der Waals surface area contributed by atoms with E-state index in [0.717, 1.165) is 16.7 Å². The lowest BCUT2D eigenvalue weighted by atomic mass is 10.1. The van der Waals surface area contributed by atoms with Gasteiger partial charge in [-0.3, -0.25) is 4.79 Å². The standard InChI is InChI=1S/C14H15IN2O2/c1-8-4-9(2)6-10(5-8)13-16-11(7-19-3)12(15)14(18)17-13/h4-6H,7H2,1-3H3,(H,16,17,18). The molecule has 1 heterocycles. The maximum Gasteiger partial charge on any atom is 0.264 e. The van der Waals surface area contributed by atoms with Gasteiger partial charge >= 0.3 is 0 Å². The Hall–Kier alpha value is -1.21. The Morgan fingerprint density at radius 3 is 2.47 bits per heavy atom. The van der Waals surface area contributed by atoms with Crippen LogP contribution in [0.2, 0.25) is 0 Å². The van der Waals surface area contributed by atoms with Gasteiger partial charge < -0.3 is 9.72 Å². The van der Waals surface area contributed by atoms with Crippen molar-refractivity contribution in [3.05, 3.63) is 48.9 Å². The Morgan fingerprint density at radius 2 is 1.89 bits per heavy atom. The average molecular weight is 370 g/mol. The van der Waals surface area contributed by atoms with Crippen molar-refractivity contribution >= 4 is 22.6 Å². The van der Waals surface area contributed by atoms with Gasteiger partial charge in [0, 0.05) is 12.7 Å². The zero-order valence-electron chi connectivity index (χ0n) is 11.1. The summed E-state index contributed by atoms with van der Waals surface area (Å²) in [6, 6.07) is 6.10. The van der Waals surface area contributed by atoms with Crippen molar-refractivity contribution in [1.82, 2.24) is 9.97 Å². The van der Waals surface area contributed by atoms with E-state index in [2.05, 4.69) is 16.0 Å². The van der Waals surface area contributed by atoms with Crippen LogP contribution in [0.5, 0.6) is 0 Å².